The number of pyridine rings is 1. The highest BCUT2D eigenvalue weighted by Crippen LogP contribution is 2.30. The molecule has 1 aromatic heterocycles. The summed E-state index contributed by atoms with van der Waals surface area (Å²) >= 11 is 0. The number of rotatable bonds is 2. The minimum absolute atomic E-state index is 0.183. The van der Waals surface area contributed by atoms with Gasteiger partial charge in [0.05, 0.1) is 0 Å². The van der Waals surface area contributed by atoms with Gasteiger partial charge in [0.2, 0.25) is 5.88 Å². The number of fused-ring (bicyclic) bond motifs is 1. The van der Waals surface area contributed by atoms with E-state index in [-0.39, 0.29) is 5.75 Å². The summed E-state index contributed by atoms with van der Waals surface area (Å²) in [5.41, 5.74) is 6.30. The molecule has 0 saturated carbocycles. The second kappa shape index (κ2) is 4.49. The largest absolute Gasteiger partial charge is 0.508 e. The van der Waals surface area contributed by atoms with Gasteiger partial charge in [0.25, 0.3) is 0 Å². The number of aromatic hydroxyl groups is 1. The number of benzene rings is 2. The maximum Gasteiger partial charge on any atom is 0.227 e. The molecule has 94 valence electrons. The molecule has 4 heteroatoms. The molecule has 3 rings (SSSR count). The zero-order valence-electron chi connectivity index (χ0n) is 10.1. The third-order valence-corrected chi connectivity index (χ3v) is 2.81. The first-order valence-corrected chi connectivity index (χ1v) is 5.83. The first kappa shape index (κ1) is 11.3. The maximum atomic E-state index is 9.56. The Morgan fingerprint density at radius 2 is 1.79 bits per heavy atom. The Morgan fingerprint density at radius 3 is 2.58 bits per heavy atom. The summed E-state index contributed by atoms with van der Waals surface area (Å²) in [5, 5.41) is 11.3. The Hall–Kier alpha value is -2.75. The van der Waals surface area contributed by atoms with E-state index in [2.05, 4.69) is 4.98 Å². The fourth-order valence-electron chi connectivity index (χ4n) is 1.86. The van der Waals surface area contributed by atoms with E-state index in [1.807, 2.05) is 12.1 Å². The van der Waals surface area contributed by atoms with Gasteiger partial charge in [-0.1, -0.05) is 6.07 Å². The summed E-state index contributed by atoms with van der Waals surface area (Å²) in [6, 6.07) is 14.0. The van der Waals surface area contributed by atoms with Crippen molar-refractivity contribution in [1.29, 1.82) is 0 Å². The number of hydrogen-bond acceptors (Lipinski definition) is 4. The maximum absolute atomic E-state index is 9.56. The van der Waals surface area contributed by atoms with Crippen LogP contribution in [0.25, 0.3) is 10.8 Å². The lowest BCUT2D eigenvalue weighted by Gasteiger charge is -2.08. The van der Waals surface area contributed by atoms with E-state index in [1.54, 1.807) is 42.6 Å². The molecule has 1 heterocycles. The molecule has 0 aliphatic carbocycles. The van der Waals surface area contributed by atoms with Gasteiger partial charge in [-0.2, -0.15) is 0 Å². The molecule has 0 bridgehead atoms. The highest BCUT2D eigenvalue weighted by Gasteiger charge is 2.06. The number of anilines is 1. The van der Waals surface area contributed by atoms with E-state index < -0.39 is 0 Å². The lowest BCUT2D eigenvalue weighted by Crippen LogP contribution is -1.90. The molecule has 0 saturated heterocycles. The van der Waals surface area contributed by atoms with E-state index in [0.717, 1.165) is 10.8 Å². The quantitative estimate of drug-likeness (QED) is 0.686. The zero-order chi connectivity index (χ0) is 13.2. The minimum atomic E-state index is 0.183. The lowest BCUT2D eigenvalue weighted by atomic mass is 10.1. The molecule has 4 nitrogen and oxygen atoms in total. The van der Waals surface area contributed by atoms with Crippen molar-refractivity contribution < 1.29 is 9.84 Å². The first-order chi connectivity index (χ1) is 9.22. The summed E-state index contributed by atoms with van der Waals surface area (Å²) in [6.07, 6.45) is 1.67. The van der Waals surface area contributed by atoms with Crippen LogP contribution in [0.5, 0.6) is 17.4 Å². The van der Waals surface area contributed by atoms with E-state index >= 15 is 0 Å². The van der Waals surface area contributed by atoms with Gasteiger partial charge >= 0.3 is 0 Å². The number of nitrogen functional groups attached to an aromatic ring is 1. The van der Waals surface area contributed by atoms with Gasteiger partial charge in [-0.3, -0.25) is 0 Å². The molecule has 0 fully saturated rings. The van der Waals surface area contributed by atoms with E-state index in [1.165, 1.54) is 0 Å². The number of hydrogen-bond donors (Lipinski definition) is 2. The van der Waals surface area contributed by atoms with Gasteiger partial charge in [-0.05, 0) is 47.9 Å². The Morgan fingerprint density at radius 1 is 1.00 bits per heavy atom. The predicted octanol–water partition coefficient (Wildman–Crippen LogP) is 3.31. The van der Waals surface area contributed by atoms with Crippen LogP contribution in [0.15, 0.2) is 54.7 Å². The van der Waals surface area contributed by atoms with Crippen molar-refractivity contribution in [1.82, 2.24) is 4.98 Å². The number of phenols is 1. The SMILES string of the molecule is Nc1ccc(Oc2nccc3ccc(O)cc23)cc1. The van der Waals surface area contributed by atoms with Gasteiger partial charge in [-0.15, -0.1) is 0 Å². The fraction of sp³-hybridized carbons (Fsp3) is 0. The molecule has 0 unspecified atom stereocenters. The van der Waals surface area contributed by atoms with Crippen molar-refractivity contribution in [2.45, 2.75) is 0 Å². The van der Waals surface area contributed by atoms with Crippen molar-refractivity contribution in [2.75, 3.05) is 5.73 Å². The Kier molecular flexibility index (Phi) is 2.68. The third-order valence-electron chi connectivity index (χ3n) is 2.81. The van der Waals surface area contributed by atoms with Crippen LogP contribution in [0.1, 0.15) is 0 Å². The van der Waals surface area contributed by atoms with Crippen LogP contribution in [-0.2, 0) is 0 Å². The van der Waals surface area contributed by atoms with Gasteiger partial charge in [-0.25, -0.2) is 4.98 Å². The molecule has 19 heavy (non-hydrogen) atoms. The number of nitrogens with two attached hydrogens (primary N) is 1. The Balaban J connectivity index is 2.05. The molecule has 0 amide bonds. The number of aromatic nitrogens is 1. The second-order valence-corrected chi connectivity index (χ2v) is 4.19. The van der Waals surface area contributed by atoms with Crippen molar-refractivity contribution in [3.8, 4) is 17.4 Å². The molecule has 3 aromatic rings. The lowest BCUT2D eigenvalue weighted by molar-refractivity contribution is 0.465. The topological polar surface area (TPSA) is 68.4 Å². The molecule has 0 aliphatic heterocycles. The highest BCUT2D eigenvalue weighted by molar-refractivity contribution is 5.88. The van der Waals surface area contributed by atoms with Gasteiger partial charge in [0, 0.05) is 17.3 Å². The van der Waals surface area contributed by atoms with Crippen molar-refractivity contribution in [3.63, 3.8) is 0 Å². The number of ether oxygens (including phenoxy) is 1. The highest BCUT2D eigenvalue weighted by atomic mass is 16.5. The van der Waals surface area contributed by atoms with Gasteiger partial charge in [0.1, 0.15) is 11.5 Å². The second-order valence-electron chi connectivity index (χ2n) is 4.19. The zero-order valence-corrected chi connectivity index (χ0v) is 10.1. The van der Waals surface area contributed by atoms with E-state index in [4.69, 9.17) is 10.5 Å². The molecule has 0 aliphatic rings. The van der Waals surface area contributed by atoms with Crippen LogP contribution >= 0.6 is 0 Å². The smallest absolute Gasteiger partial charge is 0.227 e. The van der Waals surface area contributed by atoms with Crippen LogP contribution in [0.3, 0.4) is 0 Å². The molecule has 0 radical (unpaired) electrons. The Labute approximate surface area is 110 Å². The predicted molar refractivity (Wildman–Crippen MR) is 74.3 cm³/mol. The summed E-state index contributed by atoms with van der Waals surface area (Å²) in [4.78, 5) is 4.20. The summed E-state index contributed by atoms with van der Waals surface area (Å²) in [7, 11) is 0. The van der Waals surface area contributed by atoms with Crippen LogP contribution < -0.4 is 10.5 Å². The summed E-state index contributed by atoms with van der Waals surface area (Å²) in [5.74, 6) is 1.29. The standard InChI is InChI=1S/C15H12N2O2/c16-11-2-5-13(6-3-11)19-15-14-9-12(18)4-1-10(14)7-8-17-15/h1-9,18H,16H2. The van der Waals surface area contributed by atoms with Crippen LogP contribution in [0.4, 0.5) is 5.69 Å². The van der Waals surface area contributed by atoms with Crippen LogP contribution in [0, 0.1) is 0 Å². The van der Waals surface area contributed by atoms with Crippen LogP contribution in [-0.4, -0.2) is 10.1 Å². The third kappa shape index (κ3) is 2.28. The van der Waals surface area contributed by atoms with Crippen LogP contribution in [0.2, 0.25) is 0 Å². The fourth-order valence-corrected chi connectivity index (χ4v) is 1.86. The summed E-state index contributed by atoms with van der Waals surface area (Å²) < 4.78 is 5.72. The van der Waals surface area contributed by atoms with E-state index in [0.29, 0.717) is 17.3 Å². The molecular formula is C15H12N2O2. The van der Waals surface area contributed by atoms with Crippen molar-refractivity contribution in [3.05, 3.63) is 54.7 Å². The monoisotopic (exact) mass is 252 g/mol. The Bertz CT molecular complexity index is 724. The number of nitrogens with zero attached hydrogens (tertiary/aromatic N) is 1. The normalized spacial score (nSPS) is 10.5. The van der Waals surface area contributed by atoms with Crippen molar-refractivity contribution >= 4 is 16.5 Å². The average molecular weight is 252 g/mol. The van der Waals surface area contributed by atoms with Crippen molar-refractivity contribution in [2.24, 2.45) is 0 Å². The summed E-state index contributed by atoms with van der Waals surface area (Å²) in [6.45, 7) is 0. The molecule has 2 aromatic carbocycles. The van der Waals surface area contributed by atoms with Gasteiger partial charge < -0.3 is 15.6 Å². The van der Waals surface area contributed by atoms with E-state index in [9.17, 15) is 5.11 Å². The molecule has 0 spiro atoms. The minimum Gasteiger partial charge on any atom is -0.508 e. The molecular weight excluding hydrogens is 240 g/mol. The molecule has 3 N–H and O–H groups in total. The molecule has 0 atom stereocenters. The number of phenolic OH excluding ortho intramolecular Hbond substituents is 1. The van der Waals surface area contributed by atoms with Gasteiger partial charge in [0.15, 0.2) is 0 Å². The average Bonchev–Trinajstić information content (AvgIpc) is 2.42. The first-order valence-electron chi connectivity index (χ1n) is 5.83.